The Balaban J connectivity index is 1.90. The number of methoxy groups -OCH3 is 5. The number of nitrogens with zero attached hydrogens (tertiary/aromatic N) is 8. The van der Waals surface area contributed by atoms with Crippen LogP contribution in [0.2, 0.25) is 0 Å². The summed E-state index contributed by atoms with van der Waals surface area (Å²) in [5, 5.41) is 0. The molecule has 0 spiro atoms. The number of aromatic nitrogens is 4. The summed E-state index contributed by atoms with van der Waals surface area (Å²) in [6, 6.07) is 0. The van der Waals surface area contributed by atoms with Gasteiger partial charge in [-0.1, -0.05) is 6.92 Å². The summed E-state index contributed by atoms with van der Waals surface area (Å²) in [6.07, 6.45) is 3.22. The highest BCUT2D eigenvalue weighted by Gasteiger charge is 2.30. The van der Waals surface area contributed by atoms with Crippen molar-refractivity contribution in [1.29, 1.82) is 0 Å². The van der Waals surface area contributed by atoms with Crippen molar-refractivity contribution in [3.8, 4) is 0 Å². The summed E-state index contributed by atoms with van der Waals surface area (Å²) in [5.41, 5.74) is 1.55. The van der Waals surface area contributed by atoms with E-state index in [-0.39, 0.29) is 6.10 Å². The van der Waals surface area contributed by atoms with Gasteiger partial charge < -0.3 is 43.3 Å². The quantitative estimate of drug-likeness (QED) is 0.268. The third-order valence-electron chi connectivity index (χ3n) is 8.11. The third kappa shape index (κ3) is 8.07. The van der Waals surface area contributed by atoms with Gasteiger partial charge in [-0.3, -0.25) is 0 Å². The molecule has 1 unspecified atom stereocenters. The van der Waals surface area contributed by atoms with Crippen LogP contribution < -0.4 is 19.6 Å². The van der Waals surface area contributed by atoms with E-state index in [0.29, 0.717) is 70.4 Å². The van der Waals surface area contributed by atoms with Crippen LogP contribution in [0.3, 0.4) is 0 Å². The second kappa shape index (κ2) is 16.3. The molecule has 13 heteroatoms. The minimum absolute atomic E-state index is 0.249. The largest absolute Gasteiger partial charge is 0.383 e. The molecule has 0 radical (unpaired) electrons. The first-order valence-corrected chi connectivity index (χ1v) is 15.1. The molecule has 4 rings (SSSR count). The van der Waals surface area contributed by atoms with Crippen LogP contribution in [0.5, 0.6) is 0 Å². The van der Waals surface area contributed by atoms with Gasteiger partial charge >= 0.3 is 0 Å². The predicted octanol–water partition coefficient (Wildman–Crippen LogP) is 2.08. The molecule has 0 aromatic carbocycles. The normalized spacial score (nSPS) is 17.9. The Morgan fingerprint density at radius 3 is 1.43 bits per heavy atom. The topological polar surface area (TPSA) is 111 Å². The molecule has 0 N–H and O–H groups in total. The van der Waals surface area contributed by atoms with E-state index >= 15 is 0 Å². The number of hydrogen-bond acceptors (Lipinski definition) is 13. The number of piperidine rings is 1. The predicted molar refractivity (Wildman–Crippen MR) is 165 cm³/mol. The number of rotatable bonds is 17. The van der Waals surface area contributed by atoms with Crippen LogP contribution in [0.4, 0.5) is 23.5 Å². The fourth-order valence-corrected chi connectivity index (χ4v) is 5.55. The number of ether oxygens (including phenoxy) is 5. The maximum atomic E-state index is 5.68. The first kappa shape index (κ1) is 32.3. The molecule has 1 atom stereocenters. The zero-order chi connectivity index (χ0) is 29.9. The van der Waals surface area contributed by atoms with E-state index in [1.54, 1.807) is 35.5 Å². The average molecular weight is 591 g/mol. The Hall–Kier alpha value is -2.58. The van der Waals surface area contributed by atoms with Crippen LogP contribution in [0.15, 0.2) is 0 Å². The fraction of sp³-hybridized carbons (Fsp3) is 0.793. The summed E-state index contributed by atoms with van der Waals surface area (Å²) in [5.74, 6) is 3.55. The Kier molecular flexibility index (Phi) is 12.6. The van der Waals surface area contributed by atoms with E-state index in [9.17, 15) is 0 Å². The van der Waals surface area contributed by atoms with Gasteiger partial charge in [-0.15, -0.1) is 0 Å². The highest BCUT2D eigenvalue weighted by Crippen LogP contribution is 2.35. The molecule has 2 aliphatic rings. The monoisotopic (exact) mass is 590 g/mol. The van der Waals surface area contributed by atoms with Crippen molar-refractivity contribution in [3.05, 3.63) is 0 Å². The summed E-state index contributed by atoms with van der Waals surface area (Å²) >= 11 is 0. The van der Waals surface area contributed by atoms with Crippen LogP contribution in [-0.4, -0.2) is 140 Å². The van der Waals surface area contributed by atoms with E-state index < -0.39 is 0 Å². The lowest BCUT2D eigenvalue weighted by Gasteiger charge is -2.34. The van der Waals surface area contributed by atoms with Crippen LogP contribution in [0, 0.1) is 5.92 Å². The van der Waals surface area contributed by atoms with Gasteiger partial charge in [0, 0.05) is 87.9 Å². The lowest BCUT2D eigenvalue weighted by atomic mass is 10.1. The van der Waals surface area contributed by atoms with Crippen molar-refractivity contribution in [2.75, 3.05) is 134 Å². The SMILES string of the molecule is COCCN(CCOC)c1nc(N2CCC(C)C2)c2nc(N(CCOC)CCOC)nc(N3CCC(OC)CC3)c2n1. The van der Waals surface area contributed by atoms with E-state index in [1.165, 1.54) is 0 Å². The van der Waals surface area contributed by atoms with Gasteiger partial charge in [-0.2, -0.15) is 9.97 Å². The molecule has 2 fully saturated rings. The average Bonchev–Trinajstić information content (AvgIpc) is 3.46. The molecule has 0 aliphatic carbocycles. The molecule has 2 aliphatic heterocycles. The summed E-state index contributed by atoms with van der Waals surface area (Å²) in [4.78, 5) is 29.7. The van der Waals surface area contributed by atoms with Gasteiger partial charge in [0.15, 0.2) is 11.6 Å². The molecular weight excluding hydrogens is 540 g/mol. The Labute approximate surface area is 250 Å². The molecule has 4 heterocycles. The molecule has 2 saturated heterocycles. The van der Waals surface area contributed by atoms with Gasteiger partial charge in [-0.05, 0) is 25.2 Å². The second-order valence-electron chi connectivity index (χ2n) is 11.1. The Morgan fingerprint density at radius 1 is 0.619 bits per heavy atom. The Morgan fingerprint density at radius 2 is 1.05 bits per heavy atom. The fourth-order valence-electron chi connectivity index (χ4n) is 5.55. The summed E-state index contributed by atoms with van der Waals surface area (Å²) in [6.45, 7) is 10.6. The van der Waals surface area contributed by atoms with E-state index in [1.807, 2.05) is 0 Å². The van der Waals surface area contributed by atoms with E-state index in [0.717, 1.165) is 68.1 Å². The molecule has 2 aromatic rings. The van der Waals surface area contributed by atoms with Crippen LogP contribution >= 0.6 is 0 Å². The maximum absolute atomic E-state index is 5.68. The van der Waals surface area contributed by atoms with Crippen LogP contribution in [0.1, 0.15) is 26.2 Å². The van der Waals surface area contributed by atoms with Crippen molar-refractivity contribution < 1.29 is 23.7 Å². The minimum atomic E-state index is 0.249. The molecule has 42 heavy (non-hydrogen) atoms. The molecule has 0 bridgehead atoms. The highest BCUT2D eigenvalue weighted by molar-refractivity contribution is 5.95. The van der Waals surface area contributed by atoms with Gasteiger partial charge in [0.25, 0.3) is 0 Å². The van der Waals surface area contributed by atoms with E-state index in [4.69, 9.17) is 43.6 Å². The van der Waals surface area contributed by atoms with Gasteiger partial charge in [0.2, 0.25) is 11.9 Å². The minimum Gasteiger partial charge on any atom is -0.383 e. The van der Waals surface area contributed by atoms with Crippen LogP contribution in [0.25, 0.3) is 11.0 Å². The molecule has 13 nitrogen and oxygen atoms in total. The number of fused-ring (bicyclic) bond motifs is 1. The van der Waals surface area contributed by atoms with E-state index in [2.05, 4.69) is 26.5 Å². The standard InChI is InChI=1S/C29H50N8O5/c1-22-7-10-37(21-22)27-25-24(30-29(33-27)36(15-19-40-4)16-20-41-5)26(34-11-8-23(42-6)9-12-34)32-28(31-25)35(13-17-38-2)14-18-39-3/h22-23H,7-21H2,1-6H3. The third-order valence-corrected chi connectivity index (χ3v) is 8.11. The van der Waals surface area contributed by atoms with Gasteiger partial charge in [-0.25, -0.2) is 9.97 Å². The van der Waals surface area contributed by atoms with Crippen molar-refractivity contribution in [2.45, 2.75) is 32.3 Å². The molecular formula is C29H50N8O5. The zero-order valence-corrected chi connectivity index (χ0v) is 26.4. The van der Waals surface area contributed by atoms with Crippen molar-refractivity contribution in [3.63, 3.8) is 0 Å². The first-order valence-electron chi connectivity index (χ1n) is 15.1. The number of hydrogen-bond donors (Lipinski definition) is 0. The van der Waals surface area contributed by atoms with Gasteiger partial charge in [0.05, 0.1) is 32.5 Å². The first-order chi connectivity index (χ1) is 20.5. The Bertz CT molecular complexity index is 1090. The molecule has 236 valence electrons. The number of anilines is 4. The van der Waals surface area contributed by atoms with Gasteiger partial charge in [0.1, 0.15) is 11.0 Å². The molecule has 2 aromatic heterocycles. The molecule has 0 amide bonds. The lowest BCUT2D eigenvalue weighted by Crippen LogP contribution is -2.38. The van der Waals surface area contributed by atoms with Crippen molar-refractivity contribution in [1.82, 2.24) is 19.9 Å². The highest BCUT2D eigenvalue weighted by atomic mass is 16.5. The maximum Gasteiger partial charge on any atom is 0.228 e. The van der Waals surface area contributed by atoms with Crippen LogP contribution in [-0.2, 0) is 23.7 Å². The lowest BCUT2D eigenvalue weighted by molar-refractivity contribution is 0.0818. The summed E-state index contributed by atoms with van der Waals surface area (Å²) < 4.78 is 27.4. The zero-order valence-electron chi connectivity index (χ0n) is 26.4. The van der Waals surface area contributed by atoms with Crippen molar-refractivity contribution in [2.24, 2.45) is 5.92 Å². The molecule has 0 saturated carbocycles. The smallest absolute Gasteiger partial charge is 0.228 e. The van der Waals surface area contributed by atoms with Crippen molar-refractivity contribution >= 4 is 34.6 Å². The summed E-state index contributed by atoms with van der Waals surface area (Å²) in [7, 11) is 8.63. The second-order valence-corrected chi connectivity index (χ2v) is 11.1.